The van der Waals surface area contributed by atoms with Gasteiger partial charge in [-0.2, -0.15) is 0 Å². The standard InChI is InChI=1S/C23H40N2O3S/c1-3-4-5-6-7-8-9-10-11-12-13-14-15-21(20(26)16-17-23(27)28)29-22-18-25(2)19-24-22/h14-15,18-21,26H,3-13,16-17H2,1-2H3,(H,27,28)/b15-14-. The van der Waals surface area contributed by atoms with Gasteiger partial charge in [-0.05, 0) is 19.3 Å². The molecule has 2 atom stereocenters. The van der Waals surface area contributed by atoms with E-state index < -0.39 is 12.1 Å². The van der Waals surface area contributed by atoms with Crippen molar-refractivity contribution in [1.29, 1.82) is 0 Å². The third kappa shape index (κ3) is 13.6. The van der Waals surface area contributed by atoms with Gasteiger partial charge >= 0.3 is 5.97 Å². The highest BCUT2D eigenvalue weighted by Gasteiger charge is 2.19. The zero-order valence-electron chi connectivity index (χ0n) is 18.3. The van der Waals surface area contributed by atoms with Gasteiger partial charge in [0.1, 0.15) is 5.03 Å². The molecule has 6 heteroatoms. The van der Waals surface area contributed by atoms with Crippen LogP contribution in [-0.2, 0) is 11.8 Å². The number of carbonyl (C=O) groups is 1. The highest BCUT2D eigenvalue weighted by Crippen LogP contribution is 2.27. The number of carboxylic acid groups (broad SMARTS) is 1. The molecule has 1 heterocycles. The SMILES string of the molecule is CCCCCCCCCCCC/C=C\C(Sc1cn(C)cn1)C(O)CCC(=O)O. The highest BCUT2D eigenvalue weighted by molar-refractivity contribution is 8.00. The molecule has 2 N–H and O–H groups in total. The molecule has 1 aromatic rings. The average molecular weight is 425 g/mol. The summed E-state index contributed by atoms with van der Waals surface area (Å²) in [4.78, 5) is 15.1. The molecule has 0 aliphatic carbocycles. The van der Waals surface area contributed by atoms with Crippen LogP contribution in [0.25, 0.3) is 0 Å². The van der Waals surface area contributed by atoms with Gasteiger partial charge in [-0.3, -0.25) is 4.79 Å². The van der Waals surface area contributed by atoms with Crippen LogP contribution in [0.2, 0.25) is 0 Å². The fraction of sp³-hybridized carbons (Fsp3) is 0.739. The predicted octanol–water partition coefficient (Wildman–Crippen LogP) is 5.97. The number of allylic oxidation sites excluding steroid dienone is 1. The number of imidazole rings is 1. The molecule has 0 spiro atoms. The lowest BCUT2D eigenvalue weighted by molar-refractivity contribution is -0.137. The van der Waals surface area contributed by atoms with Gasteiger partial charge in [0, 0.05) is 19.7 Å². The molecule has 0 aliphatic rings. The normalized spacial score (nSPS) is 13.8. The molecule has 0 aliphatic heterocycles. The van der Waals surface area contributed by atoms with E-state index in [0.29, 0.717) is 0 Å². The summed E-state index contributed by atoms with van der Waals surface area (Å²) in [6.45, 7) is 2.25. The topological polar surface area (TPSA) is 75.3 Å². The molecule has 0 aromatic carbocycles. The van der Waals surface area contributed by atoms with Gasteiger partial charge in [0.2, 0.25) is 0 Å². The van der Waals surface area contributed by atoms with Gasteiger partial charge in [0.25, 0.3) is 0 Å². The molecule has 2 unspecified atom stereocenters. The minimum Gasteiger partial charge on any atom is -0.481 e. The number of aromatic nitrogens is 2. The summed E-state index contributed by atoms with van der Waals surface area (Å²) in [5.41, 5.74) is 0. The van der Waals surface area contributed by atoms with E-state index in [1.165, 1.54) is 76.0 Å². The van der Waals surface area contributed by atoms with Crippen molar-refractivity contribution < 1.29 is 15.0 Å². The molecule has 0 amide bonds. The van der Waals surface area contributed by atoms with Gasteiger partial charge in [-0.25, -0.2) is 4.98 Å². The van der Waals surface area contributed by atoms with Crippen molar-refractivity contribution in [1.82, 2.24) is 9.55 Å². The summed E-state index contributed by atoms with van der Waals surface area (Å²) in [7, 11) is 1.91. The number of aliphatic hydroxyl groups excluding tert-OH is 1. The number of aliphatic carboxylic acids is 1. The van der Waals surface area contributed by atoms with Crippen LogP contribution in [0.4, 0.5) is 0 Å². The molecule has 0 bridgehead atoms. The monoisotopic (exact) mass is 424 g/mol. The van der Waals surface area contributed by atoms with Crippen LogP contribution in [0.5, 0.6) is 0 Å². The molecule has 0 saturated carbocycles. The van der Waals surface area contributed by atoms with E-state index in [0.717, 1.165) is 11.4 Å². The molecule has 1 aromatic heterocycles. The van der Waals surface area contributed by atoms with E-state index in [9.17, 15) is 9.90 Å². The van der Waals surface area contributed by atoms with Gasteiger partial charge in [0.05, 0.1) is 17.7 Å². The first kappa shape index (κ1) is 25.8. The summed E-state index contributed by atoms with van der Waals surface area (Å²) in [6.07, 6.45) is 21.6. The van der Waals surface area contributed by atoms with E-state index in [4.69, 9.17) is 5.11 Å². The third-order valence-electron chi connectivity index (χ3n) is 5.02. The summed E-state index contributed by atoms with van der Waals surface area (Å²) in [6, 6.07) is 0. The Morgan fingerprint density at radius 2 is 1.76 bits per heavy atom. The molecule has 29 heavy (non-hydrogen) atoms. The van der Waals surface area contributed by atoms with Crippen LogP contribution in [0, 0.1) is 0 Å². The number of hydrogen-bond donors (Lipinski definition) is 2. The molecule has 5 nitrogen and oxygen atoms in total. The number of thioether (sulfide) groups is 1. The van der Waals surface area contributed by atoms with Gasteiger partial charge < -0.3 is 14.8 Å². The quantitative estimate of drug-likeness (QED) is 0.172. The van der Waals surface area contributed by atoms with E-state index in [1.54, 1.807) is 6.33 Å². The second-order valence-electron chi connectivity index (χ2n) is 7.86. The number of hydrogen-bond acceptors (Lipinski definition) is 4. The number of unbranched alkanes of at least 4 members (excludes halogenated alkanes) is 10. The van der Waals surface area contributed by atoms with Crippen LogP contribution in [0.3, 0.4) is 0 Å². The Morgan fingerprint density at radius 1 is 1.14 bits per heavy atom. The van der Waals surface area contributed by atoms with Crippen molar-refractivity contribution >= 4 is 17.7 Å². The Bertz CT molecular complexity index is 574. The van der Waals surface area contributed by atoms with Crippen molar-refractivity contribution in [3.05, 3.63) is 24.7 Å². The van der Waals surface area contributed by atoms with Crippen LogP contribution in [0.15, 0.2) is 29.7 Å². The number of nitrogens with zero attached hydrogens (tertiary/aromatic N) is 2. The minimum atomic E-state index is -0.875. The molecule has 0 radical (unpaired) electrons. The Labute approximate surface area is 181 Å². The molecule has 166 valence electrons. The van der Waals surface area contributed by atoms with E-state index >= 15 is 0 Å². The molecule has 0 fully saturated rings. The lowest BCUT2D eigenvalue weighted by atomic mass is 10.1. The van der Waals surface area contributed by atoms with Crippen LogP contribution in [0.1, 0.15) is 90.4 Å². The number of aryl methyl sites for hydroxylation is 1. The van der Waals surface area contributed by atoms with E-state index in [-0.39, 0.29) is 18.1 Å². The second-order valence-corrected chi connectivity index (χ2v) is 9.06. The second kappa shape index (κ2) is 16.5. The van der Waals surface area contributed by atoms with E-state index in [1.807, 2.05) is 23.9 Å². The molecular formula is C23H40N2O3S. The molecule has 1 rings (SSSR count). The highest BCUT2D eigenvalue weighted by atomic mass is 32.2. The lowest BCUT2D eigenvalue weighted by Crippen LogP contribution is -2.22. The maximum atomic E-state index is 10.8. The Morgan fingerprint density at radius 3 is 2.31 bits per heavy atom. The smallest absolute Gasteiger partial charge is 0.303 e. The Hall–Kier alpha value is -1.27. The average Bonchev–Trinajstić information content (AvgIpc) is 3.10. The number of carboxylic acids is 1. The first-order valence-corrected chi connectivity index (χ1v) is 12.1. The first-order chi connectivity index (χ1) is 14.0. The Kier molecular flexibility index (Phi) is 14.7. The maximum Gasteiger partial charge on any atom is 0.303 e. The first-order valence-electron chi connectivity index (χ1n) is 11.2. The van der Waals surface area contributed by atoms with Crippen molar-refractivity contribution in [2.45, 2.75) is 107 Å². The summed E-state index contributed by atoms with van der Waals surface area (Å²) in [5.74, 6) is -0.875. The maximum absolute atomic E-state index is 10.8. The van der Waals surface area contributed by atoms with Crippen molar-refractivity contribution in [2.75, 3.05) is 0 Å². The summed E-state index contributed by atoms with van der Waals surface area (Å²) in [5, 5.41) is 20.0. The van der Waals surface area contributed by atoms with Crippen molar-refractivity contribution in [2.24, 2.45) is 7.05 Å². The van der Waals surface area contributed by atoms with Crippen LogP contribution >= 0.6 is 11.8 Å². The fourth-order valence-electron chi connectivity index (χ4n) is 3.25. The lowest BCUT2D eigenvalue weighted by Gasteiger charge is -2.18. The predicted molar refractivity (Wildman–Crippen MR) is 121 cm³/mol. The largest absolute Gasteiger partial charge is 0.481 e. The van der Waals surface area contributed by atoms with Gasteiger partial charge in [-0.15, -0.1) is 0 Å². The fourth-order valence-corrected chi connectivity index (χ4v) is 4.35. The van der Waals surface area contributed by atoms with Gasteiger partial charge in [-0.1, -0.05) is 88.6 Å². The van der Waals surface area contributed by atoms with Crippen molar-refractivity contribution in [3.8, 4) is 0 Å². The molecule has 0 saturated heterocycles. The van der Waals surface area contributed by atoms with E-state index in [2.05, 4.69) is 18.0 Å². The summed E-state index contributed by atoms with van der Waals surface area (Å²) < 4.78 is 1.87. The number of aliphatic hydroxyl groups is 1. The van der Waals surface area contributed by atoms with Crippen LogP contribution < -0.4 is 0 Å². The number of rotatable bonds is 18. The zero-order chi connectivity index (χ0) is 21.3. The Balaban J connectivity index is 2.27. The zero-order valence-corrected chi connectivity index (χ0v) is 19.1. The molecular weight excluding hydrogens is 384 g/mol. The third-order valence-corrected chi connectivity index (χ3v) is 6.22. The minimum absolute atomic E-state index is 0.0211. The van der Waals surface area contributed by atoms with Crippen molar-refractivity contribution in [3.63, 3.8) is 0 Å². The van der Waals surface area contributed by atoms with Crippen LogP contribution in [-0.4, -0.2) is 37.1 Å². The van der Waals surface area contributed by atoms with Gasteiger partial charge in [0.15, 0.2) is 0 Å². The summed E-state index contributed by atoms with van der Waals surface area (Å²) >= 11 is 1.49.